The van der Waals surface area contributed by atoms with Crippen molar-refractivity contribution in [1.29, 1.82) is 0 Å². The largest absolute Gasteiger partial charge is 0.478 e. The Morgan fingerprint density at radius 2 is 1.65 bits per heavy atom. The first-order chi connectivity index (χ1) is 12.5. The smallest absolute Gasteiger partial charge is 0.335 e. The topological polar surface area (TPSA) is 66.4 Å². The number of rotatable bonds is 9. The number of nitrogens with one attached hydrogen (secondary N) is 1. The number of aryl methyl sites for hydroxylation is 1. The van der Waals surface area contributed by atoms with E-state index in [1.165, 1.54) is 5.56 Å². The maximum Gasteiger partial charge on any atom is 0.335 e. The second-order valence-corrected chi connectivity index (χ2v) is 6.96. The third kappa shape index (κ3) is 6.03. The Morgan fingerprint density at radius 3 is 2.31 bits per heavy atom. The van der Waals surface area contributed by atoms with E-state index in [1.807, 2.05) is 18.2 Å². The molecule has 1 unspecified atom stereocenters. The molecule has 0 saturated heterocycles. The summed E-state index contributed by atoms with van der Waals surface area (Å²) in [5.41, 5.74) is 2.24. The van der Waals surface area contributed by atoms with Gasteiger partial charge in [0.05, 0.1) is 5.56 Å². The van der Waals surface area contributed by atoms with Crippen LogP contribution < -0.4 is 5.32 Å². The molecule has 0 aliphatic carbocycles. The molecule has 0 fully saturated rings. The molecule has 0 heterocycles. The Balaban J connectivity index is 1.86. The van der Waals surface area contributed by atoms with Crippen molar-refractivity contribution in [3.05, 3.63) is 71.3 Å². The van der Waals surface area contributed by atoms with Gasteiger partial charge < -0.3 is 10.4 Å². The molecule has 1 amide bonds. The van der Waals surface area contributed by atoms with E-state index in [4.69, 9.17) is 0 Å². The van der Waals surface area contributed by atoms with Crippen LogP contribution in [0.5, 0.6) is 0 Å². The van der Waals surface area contributed by atoms with Gasteiger partial charge in [0, 0.05) is 13.0 Å². The van der Waals surface area contributed by atoms with Gasteiger partial charge in [-0.25, -0.2) is 4.79 Å². The minimum absolute atomic E-state index is 0.0381. The van der Waals surface area contributed by atoms with Crippen LogP contribution in [0.25, 0.3) is 0 Å². The van der Waals surface area contributed by atoms with E-state index in [-0.39, 0.29) is 11.5 Å². The third-order valence-corrected chi connectivity index (χ3v) is 4.71. The monoisotopic (exact) mass is 353 g/mol. The molecular weight excluding hydrogens is 326 g/mol. The molecule has 0 saturated carbocycles. The van der Waals surface area contributed by atoms with Crippen molar-refractivity contribution < 1.29 is 14.7 Å². The van der Waals surface area contributed by atoms with Gasteiger partial charge in [0.25, 0.3) is 0 Å². The standard InChI is InChI=1S/C22H27NO3/c1-16(2)19(14-17-8-4-3-5-9-17)15-23-21(24)13-12-18-10-6-7-11-20(18)22(25)26/h3-11,16,19H,12-15H2,1-2H3,(H,23,24)(H,25,26). The summed E-state index contributed by atoms with van der Waals surface area (Å²) in [6.45, 7) is 4.97. The van der Waals surface area contributed by atoms with Crippen LogP contribution in [0.1, 0.15) is 41.8 Å². The van der Waals surface area contributed by atoms with Gasteiger partial charge in [-0.05, 0) is 41.9 Å². The van der Waals surface area contributed by atoms with Crippen molar-refractivity contribution in [2.24, 2.45) is 11.8 Å². The SMILES string of the molecule is CC(C)C(CNC(=O)CCc1ccccc1C(=O)O)Cc1ccccc1. The normalized spacial score (nSPS) is 12.0. The zero-order chi connectivity index (χ0) is 18.9. The Labute approximate surface area is 155 Å². The molecule has 0 radical (unpaired) electrons. The molecule has 1 atom stereocenters. The van der Waals surface area contributed by atoms with Gasteiger partial charge in [-0.1, -0.05) is 62.4 Å². The fourth-order valence-corrected chi connectivity index (χ4v) is 2.99. The fraction of sp³-hybridized carbons (Fsp3) is 0.364. The highest BCUT2D eigenvalue weighted by Crippen LogP contribution is 2.17. The molecule has 0 aliphatic heterocycles. The minimum Gasteiger partial charge on any atom is -0.478 e. The Bertz CT molecular complexity index is 725. The second kappa shape index (κ2) is 9.76. The van der Waals surface area contributed by atoms with Gasteiger partial charge in [0.15, 0.2) is 0 Å². The molecule has 138 valence electrons. The molecule has 4 heteroatoms. The predicted molar refractivity (Wildman–Crippen MR) is 103 cm³/mol. The summed E-state index contributed by atoms with van der Waals surface area (Å²) >= 11 is 0. The van der Waals surface area contributed by atoms with E-state index in [9.17, 15) is 14.7 Å². The number of aromatic carboxylic acids is 1. The lowest BCUT2D eigenvalue weighted by atomic mass is 9.89. The molecule has 2 N–H and O–H groups in total. The van der Waals surface area contributed by atoms with Crippen molar-refractivity contribution in [3.63, 3.8) is 0 Å². The summed E-state index contributed by atoms with van der Waals surface area (Å²) in [4.78, 5) is 23.4. The first kappa shape index (κ1) is 19.7. The van der Waals surface area contributed by atoms with Gasteiger partial charge in [0.2, 0.25) is 5.91 Å². The Hall–Kier alpha value is -2.62. The highest BCUT2D eigenvalue weighted by Gasteiger charge is 2.16. The Kier molecular flexibility index (Phi) is 7.39. The van der Waals surface area contributed by atoms with E-state index >= 15 is 0 Å². The van der Waals surface area contributed by atoms with Gasteiger partial charge in [-0.15, -0.1) is 0 Å². The number of carbonyl (C=O) groups excluding carboxylic acids is 1. The van der Waals surface area contributed by atoms with Crippen molar-refractivity contribution in [3.8, 4) is 0 Å². The molecule has 2 aromatic rings. The number of carbonyl (C=O) groups is 2. The quantitative estimate of drug-likeness (QED) is 0.717. The molecule has 0 aromatic heterocycles. The summed E-state index contributed by atoms with van der Waals surface area (Å²) in [6, 6.07) is 17.1. The summed E-state index contributed by atoms with van der Waals surface area (Å²) in [5, 5.41) is 12.2. The maximum absolute atomic E-state index is 12.2. The molecule has 0 spiro atoms. The third-order valence-electron chi connectivity index (χ3n) is 4.71. The molecule has 0 aliphatic rings. The fourth-order valence-electron chi connectivity index (χ4n) is 2.99. The Morgan fingerprint density at radius 1 is 1.00 bits per heavy atom. The van der Waals surface area contributed by atoms with Crippen LogP contribution in [0.4, 0.5) is 0 Å². The van der Waals surface area contributed by atoms with Gasteiger partial charge in [-0.2, -0.15) is 0 Å². The number of amides is 1. The number of hydrogen-bond donors (Lipinski definition) is 2. The zero-order valence-corrected chi connectivity index (χ0v) is 15.4. The number of hydrogen-bond acceptors (Lipinski definition) is 2. The molecular formula is C22H27NO3. The molecule has 4 nitrogen and oxygen atoms in total. The summed E-state index contributed by atoms with van der Waals surface area (Å²) in [5.74, 6) is -0.163. The number of carboxylic acids is 1. The lowest BCUT2D eigenvalue weighted by Gasteiger charge is -2.21. The molecule has 2 rings (SSSR count). The molecule has 2 aromatic carbocycles. The van der Waals surface area contributed by atoms with Crippen molar-refractivity contribution in [2.75, 3.05) is 6.54 Å². The average Bonchev–Trinajstić information content (AvgIpc) is 2.64. The van der Waals surface area contributed by atoms with E-state index in [0.29, 0.717) is 36.8 Å². The summed E-state index contributed by atoms with van der Waals surface area (Å²) < 4.78 is 0. The summed E-state index contributed by atoms with van der Waals surface area (Å²) in [6.07, 6.45) is 1.65. The van der Waals surface area contributed by atoms with Crippen LogP contribution in [0, 0.1) is 11.8 Å². The van der Waals surface area contributed by atoms with E-state index in [0.717, 1.165) is 6.42 Å². The lowest BCUT2D eigenvalue weighted by Crippen LogP contribution is -2.32. The van der Waals surface area contributed by atoms with E-state index < -0.39 is 5.97 Å². The first-order valence-electron chi connectivity index (χ1n) is 9.09. The van der Waals surface area contributed by atoms with Crippen LogP contribution in [0.15, 0.2) is 54.6 Å². The number of benzene rings is 2. The van der Waals surface area contributed by atoms with Crippen LogP contribution in [0.3, 0.4) is 0 Å². The van der Waals surface area contributed by atoms with E-state index in [1.54, 1.807) is 24.3 Å². The van der Waals surface area contributed by atoms with Crippen LogP contribution in [-0.4, -0.2) is 23.5 Å². The molecule has 26 heavy (non-hydrogen) atoms. The zero-order valence-electron chi connectivity index (χ0n) is 15.4. The van der Waals surface area contributed by atoms with Gasteiger partial charge >= 0.3 is 5.97 Å². The first-order valence-corrected chi connectivity index (χ1v) is 9.09. The number of carboxylic acid groups (broad SMARTS) is 1. The average molecular weight is 353 g/mol. The van der Waals surface area contributed by atoms with Gasteiger partial charge in [-0.3, -0.25) is 4.79 Å². The highest BCUT2D eigenvalue weighted by molar-refractivity contribution is 5.89. The maximum atomic E-state index is 12.2. The minimum atomic E-state index is -0.955. The highest BCUT2D eigenvalue weighted by atomic mass is 16.4. The van der Waals surface area contributed by atoms with Gasteiger partial charge in [0.1, 0.15) is 0 Å². The molecule has 0 bridgehead atoms. The van der Waals surface area contributed by atoms with Crippen LogP contribution in [0.2, 0.25) is 0 Å². The second-order valence-electron chi connectivity index (χ2n) is 6.96. The summed E-state index contributed by atoms with van der Waals surface area (Å²) in [7, 11) is 0. The van der Waals surface area contributed by atoms with Crippen LogP contribution in [-0.2, 0) is 17.6 Å². The predicted octanol–water partition coefficient (Wildman–Crippen LogP) is 3.95. The van der Waals surface area contributed by atoms with Crippen molar-refractivity contribution in [1.82, 2.24) is 5.32 Å². The van der Waals surface area contributed by atoms with Crippen LogP contribution >= 0.6 is 0 Å². The van der Waals surface area contributed by atoms with Crippen molar-refractivity contribution in [2.45, 2.75) is 33.1 Å². The lowest BCUT2D eigenvalue weighted by molar-refractivity contribution is -0.121. The van der Waals surface area contributed by atoms with Crippen molar-refractivity contribution >= 4 is 11.9 Å². The van der Waals surface area contributed by atoms with E-state index in [2.05, 4.69) is 31.3 Å².